The van der Waals surface area contributed by atoms with Gasteiger partial charge in [0.1, 0.15) is 17.6 Å². The molecule has 2 aliphatic rings. The second-order valence-electron chi connectivity index (χ2n) is 11.6. The smallest absolute Gasteiger partial charge is 0.293 e. The van der Waals surface area contributed by atoms with Gasteiger partial charge >= 0.3 is 0 Å². The predicted octanol–water partition coefficient (Wildman–Crippen LogP) is 53.2. The summed E-state index contributed by atoms with van der Waals surface area (Å²) in [6.45, 7) is 15.5. The van der Waals surface area contributed by atoms with Gasteiger partial charge in [0.2, 0.25) is 0 Å². The highest BCUT2D eigenvalue weighted by atomic mass is 16.5. The van der Waals surface area contributed by atoms with E-state index in [1.807, 2.05) is 0 Å². The number of aromatic hydroxyl groups is 1. The number of rotatable bonds is 7. The van der Waals surface area contributed by atoms with Crippen molar-refractivity contribution in [3.8, 4) is 11.5 Å². The first kappa shape index (κ1) is 24.6. The van der Waals surface area contributed by atoms with Crippen molar-refractivity contribution in [2.45, 2.75) is 91.2 Å². The van der Waals surface area contributed by atoms with E-state index >= 15 is 0 Å². The van der Waals surface area contributed by atoms with E-state index in [9.17, 15) is 0 Å². The van der Waals surface area contributed by atoms with E-state index in [4.69, 9.17) is 11.3 Å². The first-order valence-corrected chi connectivity index (χ1v) is 14.1. The molecule has 3 nitrogen and oxygen atoms in total. The summed E-state index contributed by atoms with van der Waals surface area (Å²) in [5, 5.41) is 4.96. The van der Waals surface area contributed by atoms with Crippen LogP contribution in [0.1, 0.15) is 353 Å². The van der Waals surface area contributed by atoms with Crippen molar-refractivity contribution >= 4 is 0 Å². The van der Waals surface area contributed by atoms with Crippen LogP contribution < -0.4 is 4.74 Å². The highest BCUT2D eigenvalue weighted by Crippen LogP contribution is 2.49. The van der Waals surface area contributed by atoms with Crippen molar-refractivity contribution in [1.82, 2.24) is 4.90 Å². The van der Waals surface area contributed by atoms with Crippen molar-refractivity contribution < 1.29 is 274 Å². The summed E-state index contributed by atoms with van der Waals surface area (Å²) in [4.78, 5) is 2.56. The van der Waals surface area contributed by atoms with Crippen LogP contribution in [-0.2, 0) is 6.42 Å². The van der Waals surface area contributed by atoms with E-state index in [0.717, 1.165) is 30.7 Å². The van der Waals surface area contributed by atoms with Crippen LogP contribution in [0.4, 0.5) is 0 Å². The maximum atomic E-state index is 7.52. The van der Waals surface area contributed by atoms with Crippen molar-refractivity contribution in [2.24, 2.45) is 0 Å². The number of phenols is 1. The second-order valence-corrected chi connectivity index (χ2v) is 11.6. The lowest BCUT2D eigenvalue weighted by Gasteiger charge is -2.37. The molecule has 0 bridgehead atoms. The fraction of sp³-hybridized carbons (Fsp3) is 0.471. The van der Waals surface area contributed by atoms with Gasteiger partial charge < -0.3 is 9.85 Å². The topological polar surface area (TPSA) is 32.7 Å². The third kappa shape index (κ3) is 5.03. The Morgan fingerprint density at radius 1 is 1.00 bits per heavy atom. The quantitative estimate of drug-likeness (QED) is 0.257. The molecule has 0 radical (unpaired) electrons. The van der Waals surface area contributed by atoms with Crippen LogP contribution in [0.25, 0.3) is 0 Å². The van der Waals surface area contributed by atoms with Crippen LogP contribution >= 0.6 is 0 Å². The normalized spacial score (nSPS) is 22.9. The van der Waals surface area contributed by atoms with Gasteiger partial charge in [-0.1, -0.05) is 36.4 Å². The molecule has 1 fully saturated rings. The third-order valence-electron chi connectivity index (χ3n) is 9.11. The molecule has 566 valence electrons. The van der Waals surface area contributed by atoms with Crippen LogP contribution in [0, 0.1) is 27.7 Å². The molecule has 0 aromatic heterocycles. The fourth-order valence-corrected chi connectivity index (χ4v) is 6.80. The SMILES string of the molecule is [2H]Oc1cc2c(cc1C)[C@@H](c1ccc(OC(C)CN3CCCC3C)c(C)c1C)[C@@H](c1ccccc1C)CC2.[HH].[HH].[HH].[HH].[HH].[HH].[HH].[HH].[HH].[HH].[HH].[HH].[HH].[HH].[HH].[HH].[HH].[HH].[HH].[HH].[HH].[HH].[HH].[HH].[HH].[HH].[HH].[HH].[HH].[HH].[HH].[HH].[HH].[HH].[HH].[HH].[HH].[HH].[HH].[HH].[HH].[HH].[HH].[HH].[HH].[HH].[HH].[HH].[HH].[HH].[HH].[HH].[HH].[HH].[HH].[HH].[HH].[HH].[HH].[HH].[HH].[HH].[HH].[HH].[HH].[HH].[HH].[HH].[HH].[HH].[HH].[HH].[HH].[HH].[HH].[HH].[HH].[HH].[HH].[HH].[HH].[HH].[HH].[HH].[HH].[HH].[HH].[HH].[HH].[HH].[HH].[HH].[HH].[HH].[HH].[HH].[HH].[HH].[HH].[HH].[HH].[HH].[HH].[HH].[HH].[HH].[HH].[HH].[HH].[HH].[HH].[HH].[HH].[HH].[HH].[HH].[HH].[HH].[HH].[HH].[HH].[HH].[HH].[HH].[HH].[HH].[HH].[HH].[HH].[HH].[HH].[HH].[HH].[HH].[HH].[HH].[HH].[HH].[HH].[HH].[HH].[HH].[HH].[HH].[HH].[HH].[HH].[HH].[HH].[HH].[HH].[HH].[HH].[HH].[HH].[HH].[HH].[HH].[HH].[HH].[HH].[HH].[HH].[HH].[HH].[HH].[HH].[HH].[HH].[HH].[HH].[HH].[HH].[HH].[HH].[HH].[HH].[HH].[HH].[HH].[HH].[HH].[HH].[HH].[HH]. The van der Waals surface area contributed by atoms with Crippen LogP contribution in [0.3, 0.4) is 0 Å². The summed E-state index contributed by atoms with van der Waals surface area (Å²) in [6, 6.07) is 18.4. The predicted molar refractivity (Wildman–Crippen MR) is 544 cm³/mol. The minimum absolute atomic E-state index is 0. The van der Waals surface area contributed by atoms with E-state index in [2.05, 4.69) is 95.0 Å². The van der Waals surface area contributed by atoms with E-state index < -0.39 is 0 Å². The Balaban J connectivity index is -0.000000000533. The molecule has 3 heteroatoms. The second kappa shape index (κ2) is 10.5. The molecule has 4 atom stereocenters. The molecular weight excluding hydrogens is 454 g/mol. The van der Waals surface area contributed by atoms with Crippen molar-refractivity contribution in [3.63, 3.8) is 0 Å². The molecule has 37 heavy (non-hydrogen) atoms. The van der Waals surface area contributed by atoms with Crippen LogP contribution in [0.5, 0.6) is 11.5 Å². The molecule has 1 saturated heterocycles. The van der Waals surface area contributed by atoms with Crippen molar-refractivity contribution in [2.75, 3.05) is 13.1 Å². The van der Waals surface area contributed by atoms with Crippen molar-refractivity contribution in [3.05, 3.63) is 93.0 Å². The molecule has 5 rings (SSSR count). The van der Waals surface area contributed by atoms with Gasteiger partial charge in [-0.15, -0.1) is 0 Å². The van der Waals surface area contributed by atoms with E-state index in [0.29, 0.717) is 17.7 Å². The van der Waals surface area contributed by atoms with E-state index in [1.54, 1.807) is 0 Å². The summed E-state index contributed by atoms with van der Waals surface area (Å²) in [5.41, 5.74) is 10.4. The number of benzene rings is 3. The molecule has 0 amide bonds. The minimum atomic E-state index is 0. The largest absolute Gasteiger partial charge is 0.508 e. The first-order chi connectivity index (χ1) is 18.3. The van der Waals surface area contributed by atoms with Gasteiger partial charge in [-0.2, -0.15) is 0 Å². The number of phenolic OH excluding ortho intramolecular Hbond substituents is 1. The Morgan fingerprint density at radius 3 is 2.54 bits per heavy atom. The highest BCUT2D eigenvalue weighted by molar-refractivity contribution is 5.55. The summed E-state index contributed by atoms with van der Waals surface area (Å²) in [7, 11) is 0. The number of fused-ring (bicyclic) bond motifs is 1. The Morgan fingerprint density at radius 2 is 1.81 bits per heavy atom. The molecular formula is C34H413NO2. The number of likely N-dealkylation sites (tertiary alicyclic amines) is 1. The summed E-state index contributed by atoms with van der Waals surface area (Å²) >= 11 is 0. The van der Waals surface area contributed by atoms with Crippen LogP contribution in [0.15, 0.2) is 48.5 Å². The maximum Gasteiger partial charge on any atom is 0.293 e. The Hall–Kier alpha value is -2.78. The standard InChI is InChI=1S/C34H43NO2.185H2/c1-21-10-7-8-12-28(21)30-14-13-27-19-32(36)22(2)18-31(27)34(30)29-15-16-33(26(6)25(29)5)37-24(4)20-35-17-9-11-23(35)3;;;;;;;;;;;;;;;;;;;;;;;;;;;;;;;;;;;;;;;;;;;;;;;;;;;;;;;;;;;;;;;;;;;;;;;;;;;;;;;;;;;;;;;;;;;;;;;;;;;;;;;;;;;;;;;;;;;;;;;;;;;;;;;;;;;;;;;;;;;;;;;;;;;;;;;;;;;;;;;;;;;;;;;;;;;;;;;;;;;;;;;;;/h7-8,10,12,15-16,18-19,23-24,30,34,36H,9,11,13-14,17,20H2,1-6H3;185*1H/t23?,24?,30-,34+;;;;;;;;;;;;;;;;;;;;;;;;;;;;;;;;;;;;;;;;;;;;;;;;;;;;;;;;;;;;;;;;;;;;;;;;;;;;;;;;;;;;;;;;;;;;;;;;;;;;;;;;;;;;;;;;;;;;;;;;;;;;;;;;;;;;;;;;;;;;;;;;;;;;;;;;;;;;;;;;;;;;;;;;;;;;;;;;;;;;;;;;;/m1........................................................................................................................................................................................./s1/i/hD. The third-order valence-corrected chi connectivity index (χ3v) is 9.11. The maximum absolute atomic E-state index is 7.52. The van der Waals surface area contributed by atoms with Gasteiger partial charge in [0.25, 0.3) is 1.43 Å². The lowest BCUT2D eigenvalue weighted by molar-refractivity contribution is 0.141. The molecule has 0 saturated carbocycles. The first-order valence-electron chi connectivity index (χ1n) is 14.5. The molecule has 1 N–H and O–H groups in total. The summed E-state index contributed by atoms with van der Waals surface area (Å²) in [5.74, 6) is 2.30. The zero-order valence-corrected chi connectivity index (χ0v) is 23.4. The lowest BCUT2D eigenvalue weighted by Crippen LogP contribution is -2.36. The van der Waals surface area contributed by atoms with E-state index in [-0.39, 0.29) is 276 Å². The Kier molecular flexibility index (Phi) is 6.99. The summed E-state index contributed by atoms with van der Waals surface area (Å²) in [6.07, 6.45) is 4.80. The number of aryl methyl sites for hydroxylation is 3. The van der Waals surface area contributed by atoms with Crippen molar-refractivity contribution in [1.29, 1.82) is 1.43 Å². The number of ether oxygens (including phenoxy) is 1. The van der Waals surface area contributed by atoms with Crippen LogP contribution in [-0.4, -0.2) is 36.7 Å². The number of nitrogens with zero attached hydrogens (tertiary/aromatic N) is 1. The molecule has 2 unspecified atom stereocenters. The fourth-order valence-electron chi connectivity index (χ4n) is 6.80. The number of hydrogen-bond acceptors (Lipinski definition) is 3. The average molecular weight is 872 g/mol. The van der Waals surface area contributed by atoms with Gasteiger partial charge in [0.15, 0.2) is 0 Å². The molecule has 0 spiro atoms. The molecule has 1 aliphatic carbocycles. The lowest BCUT2D eigenvalue weighted by atomic mass is 9.67. The monoisotopic (exact) mass is 871 g/mol. The number of hydrogen-bond donors (Lipinski definition) is 1. The Labute approximate surface area is 499 Å². The van der Waals surface area contributed by atoms with Gasteiger partial charge in [0.05, 0.1) is 0 Å². The molecule has 3 aromatic rings. The minimum Gasteiger partial charge on any atom is -0.508 e. The van der Waals surface area contributed by atoms with Crippen LogP contribution in [0.2, 0.25) is 0 Å². The van der Waals surface area contributed by atoms with Gasteiger partial charge in [-0.05, 0) is 136 Å². The average Bonchev–Trinajstić information content (AvgIpc) is 3.30. The highest BCUT2D eigenvalue weighted by Gasteiger charge is 2.34. The van der Waals surface area contributed by atoms with Gasteiger partial charge in [0, 0.05) is 282 Å². The Bertz CT molecular complexity index is 1440. The van der Waals surface area contributed by atoms with Gasteiger partial charge in [-0.3, -0.25) is 4.90 Å². The van der Waals surface area contributed by atoms with E-state index in [1.165, 1.54) is 58.3 Å². The zero-order valence-electron chi connectivity index (χ0n) is 24.4. The molecule has 1 heterocycles. The molecule has 1 aliphatic heterocycles. The van der Waals surface area contributed by atoms with Gasteiger partial charge in [-0.25, -0.2) is 0 Å². The summed E-state index contributed by atoms with van der Waals surface area (Å²) < 4.78 is 14.1. The molecule has 3 aromatic carbocycles. The zero-order chi connectivity index (χ0) is 27.0.